The number of carboxylic acid groups (broad SMARTS) is 4. The number of aliphatic carboxylic acids is 4. The van der Waals surface area contributed by atoms with Gasteiger partial charge in [0.05, 0.1) is 24.5 Å². The standard InChI is InChI=1S/C71H84N10O25/c1-7-33(4)58(68(101)80-22-8-9-51(80)65(98)78-50(69(102)103)30-57(90)91)79-64(97)48(24-36-10-13-38(82)14-11-36)77-66(99)52-26-41(85)31-81(52)67(100)35(6)73-62(95)47(23-32(2)3)75-59(92)34(5)72-61(94)46(20-21-55(86)87)74-63(96)49(29-56(88)89)76-60(93)37-12-17-43-42(25-37)70(104)106-71(43)44-18-15-39(83)27-53(44)105-54-28-40(84)16-19-45(54)71/h10-19,25,27-28,32-35,41,46-52,58,82-85H,7-9,20-24,26,29-31H2,1-6H3,(H,72,94)(H,73,95)(H,74,96)(H,75,92)(H,76,93)(H,77,99)(H,78,98)(H,79,97)(H,86,87)(H,88,89)(H,90,91)(H,102,103)/t33-,34-,35-,41+,46-,47-,48-,49-,50-,51-,52-,58-/m0/s1. The molecule has 16 N–H and O–H groups in total. The van der Waals surface area contributed by atoms with E-state index < -0.39 is 199 Å². The smallest absolute Gasteiger partial charge is 0.340 e. The zero-order valence-corrected chi connectivity index (χ0v) is 58.4. The number of likely N-dealkylation sites (tertiary alicyclic amines) is 2. The molecule has 1 spiro atoms. The van der Waals surface area contributed by atoms with Crippen LogP contribution in [0.3, 0.4) is 0 Å². The van der Waals surface area contributed by atoms with Gasteiger partial charge in [0.25, 0.3) is 5.91 Å². The van der Waals surface area contributed by atoms with E-state index in [9.17, 15) is 113 Å². The summed E-state index contributed by atoms with van der Waals surface area (Å²) in [4.78, 5) is 205. The van der Waals surface area contributed by atoms with E-state index in [1.165, 1.54) is 86.6 Å². The van der Waals surface area contributed by atoms with Crippen LogP contribution >= 0.6 is 0 Å². The van der Waals surface area contributed by atoms with Crippen LogP contribution in [-0.2, 0) is 79.1 Å². The SMILES string of the molecule is CC[C@H](C)[C@H](NC(=O)[C@H](Cc1ccc(O)cc1)NC(=O)[C@@H]1C[C@@H](O)CN1C(=O)[C@H](C)NC(=O)[C@H](CC(C)C)NC(=O)[C@H](C)NC(=O)[C@H](CCC(=O)O)NC(=O)[C@H](CC(=O)O)NC(=O)c1ccc2c(c1)C(=O)OC21c2ccc(O)cc2Oc2cc(O)ccc21)C(=O)N1CCC[C@H]1C(=O)N[C@@H](CC(=O)O)C(=O)O. The number of hydrogen-bond acceptors (Lipinski definition) is 21. The number of hydrogen-bond donors (Lipinski definition) is 16. The third-order valence-corrected chi connectivity index (χ3v) is 18.6. The van der Waals surface area contributed by atoms with Crippen LogP contribution in [0.25, 0.3) is 0 Å². The third-order valence-electron chi connectivity index (χ3n) is 18.6. The van der Waals surface area contributed by atoms with Crippen molar-refractivity contribution in [3.05, 3.63) is 112 Å². The van der Waals surface area contributed by atoms with E-state index >= 15 is 0 Å². The second-order valence-corrected chi connectivity index (χ2v) is 26.9. The first-order valence-electron chi connectivity index (χ1n) is 34.1. The molecule has 4 aromatic rings. The number of aliphatic hydroxyl groups is 1. The molecule has 4 aliphatic rings. The van der Waals surface area contributed by atoms with Gasteiger partial charge in [-0.1, -0.05) is 52.3 Å². The number of nitrogens with one attached hydrogen (secondary N) is 8. The normalized spacial score (nSPS) is 18.5. The Morgan fingerprint density at radius 1 is 0.557 bits per heavy atom. The van der Waals surface area contributed by atoms with Gasteiger partial charge in [0, 0.05) is 66.7 Å². The largest absolute Gasteiger partial charge is 0.508 e. The number of esters is 1. The number of amides is 10. The van der Waals surface area contributed by atoms with Crippen molar-refractivity contribution in [3.8, 4) is 28.7 Å². The Morgan fingerprint density at radius 2 is 1.10 bits per heavy atom. The molecular weight excluding hydrogens is 1390 g/mol. The summed E-state index contributed by atoms with van der Waals surface area (Å²) in [5.74, 6) is -18.5. The van der Waals surface area contributed by atoms with Crippen LogP contribution in [0.2, 0.25) is 0 Å². The lowest BCUT2D eigenvalue weighted by molar-refractivity contribution is -0.148. The highest BCUT2D eigenvalue weighted by molar-refractivity contribution is 6.04. The van der Waals surface area contributed by atoms with E-state index in [1.54, 1.807) is 27.7 Å². The average Bonchev–Trinajstić information content (AvgIpc) is 1.67. The first-order valence-corrected chi connectivity index (χ1v) is 34.1. The lowest BCUT2D eigenvalue weighted by Gasteiger charge is -2.36. The molecule has 106 heavy (non-hydrogen) atoms. The van der Waals surface area contributed by atoms with Gasteiger partial charge in [-0.15, -0.1) is 0 Å². The number of nitrogens with zero attached hydrogens (tertiary/aromatic N) is 2. The number of phenolic OH excluding ortho intramolecular Hbond substituents is 3. The highest BCUT2D eigenvalue weighted by Crippen LogP contribution is 2.57. The van der Waals surface area contributed by atoms with Crippen LogP contribution in [0.15, 0.2) is 78.9 Å². The Morgan fingerprint density at radius 3 is 1.70 bits per heavy atom. The highest BCUT2D eigenvalue weighted by Gasteiger charge is 2.54. The third kappa shape index (κ3) is 18.9. The zero-order chi connectivity index (χ0) is 77.9. The van der Waals surface area contributed by atoms with Crippen molar-refractivity contribution in [1.29, 1.82) is 0 Å². The fourth-order valence-electron chi connectivity index (χ4n) is 13.0. The molecule has 35 nitrogen and oxygen atoms in total. The number of phenols is 3. The molecule has 2 fully saturated rings. The molecule has 0 saturated carbocycles. The quantitative estimate of drug-likeness (QED) is 0.0288. The van der Waals surface area contributed by atoms with Crippen LogP contribution in [0.5, 0.6) is 28.7 Å². The molecule has 0 unspecified atom stereocenters. The van der Waals surface area contributed by atoms with E-state index in [0.29, 0.717) is 12.0 Å². The number of aromatic hydroxyl groups is 3. The maximum absolute atomic E-state index is 14.6. The van der Waals surface area contributed by atoms with E-state index in [-0.39, 0.29) is 101 Å². The molecule has 2 saturated heterocycles. The first-order chi connectivity index (χ1) is 50.0. The Kier molecular flexibility index (Phi) is 25.7. The summed E-state index contributed by atoms with van der Waals surface area (Å²) in [6.07, 6.45) is -4.86. The zero-order valence-electron chi connectivity index (χ0n) is 58.4. The van der Waals surface area contributed by atoms with Gasteiger partial charge in [-0.25, -0.2) is 9.59 Å². The van der Waals surface area contributed by atoms with E-state index in [4.69, 9.17) is 9.47 Å². The second kappa shape index (κ2) is 34.1. The Labute approximate surface area is 605 Å². The molecule has 4 aliphatic heterocycles. The number of fused-ring (bicyclic) bond motifs is 6. The lowest BCUT2D eigenvalue weighted by Crippen LogP contribution is -2.61. The van der Waals surface area contributed by atoms with Crippen molar-refractivity contribution < 1.29 is 122 Å². The molecular formula is C71H84N10O25. The van der Waals surface area contributed by atoms with Gasteiger partial charge in [0.1, 0.15) is 89.2 Å². The molecule has 0 aliphatic carbocycles. The monoisotopic (exact) mass is 1480 g/mol. The summed E-state index contributed by atoms with van der Waals surface area (Å²) in [6, 6.07) is 1.65. The van der Waals surface area contributed by atoms with Crippen molar-refractivity contribution >= 4 is 88.9 Å². The van der Waals surface area contributed by atoms with Gasteiger partial charge >= 0.3 is 29.8 Å². The van der Waals surface area contributed by atoms with Gasteiger partial charge in [0.2, 0.25) is 53.2 Å². The number of aliphatic hydroxyl groups excluding tert-OH is 1. The van der Waals surface area contributed by atoms with Crippen LogP contribution in [0.4, 0.5) is 0 Å². The summed E-state index contributed by atoms with van der Waals surface area (Å²) in [5, 5.41) is 99.4. The minimum Gasteiger partial charge on any atom is -0.508 e. The number of β-amino-alcohol motifs (C(OH)–C–C–N with tert-alkyl or cyclic N) is 1. The minimum atomic E-state index is -1.97. The molecule has 8 rings (SSSR count). The molecule has 4 heterocycles. The fourth-order valence-corrected chi connectivity index (χ4v) is 13.0. The van der Waals surface area contributed by atoms with E-state index in [0.717, 1.165) is 15.9 Å². The molecule has 568 valence electrons. The van der Waals surface area contributed by atoms with Gasteiger partial charge < -0.3 is 103 Å². The minimum absolute atomic E-state index is 0.00384. The van der Waals surface area contributed by atoms with Gasteiger partial charge in [-0.2, -0.15) is 0 Å². The first kappa shape index (κ1) is 79.8. The van der Waals surface area contributed by atoms with E-state index in [1.807, 2.05) is 0 Å². The predicted octanol–water partition coefficient (Wildman–Crippen LogP) is 0.0897. The van der Waals surface area contributed by atoms with Crippen molar-refractivity contribution in [2.45, 2.75) is 178 Å². The topological polar surface area (TPSA) is 539 Å². The summed E-state index contributed by atoms with van der Waals surface area (Å²) >= 11 is 0. The number of ether oxygens (including phenoxy) is 2. The number of carboxylic acids is 4. The van der Waals surface area contributed by atoms with Crippen LogP contribution in [0.1, 0.15) is 142 Å². The molecule has 0 radical (unpaired) electrons. The van der Waals surface area contributed by atoms with Gasteiger partial charge in [-0.05, 0) is 105 Å². The second-order valence-electron chi connectivity index (χ2n) is 26.9. The molecule has 12 atom stereocenters. The van der Waals surface area contributed by atoms with Gasteiger partial charge in [-0.3, -0.25) is 62.3 Å². The van der Waals surface area contributed by atoms with Crippen molar-refractivity contribution in [2.75, 3.05) is 13.1 Å². The number of carbonyl (C=O) groups excluding carboxylic acids is 11. The van der Waals surface area contributed by atoms with E-state index in [2.05, 4.69) is 42.5 Å². The van der Waals surface area contributed by atoms with Gasteiger partial charge in [0.15, 0.2) is 5.60 Å². The summed E-state index contributed by atoms with van der Waals surface area (Å²) in [7, 11) is 0. The predicted molar refractivity (Wildman–Crippen MR) is 365 cm³/mol. The maximum atomic E-state index is 14.6. The number of carbonyl (C=O) groups is 15. The maximum Gasteiger partial charge on any atom is 0.340 e. The molecule has 10 amide bonds. The van der Waals surface area contributed by atoms with Crippen molar-refractivity contribution in [3.63, 3.8) is 0 Å². The Balaban J connectivity index is 0.914. The van der Waals surface area contributed by atoms with Crippen LogP contribution in [0, 0.1) is 11.8 Å². The summed E-state index contributed by atoms with van der Waals surface area (Å²) < 4.78 is 12.0. The number of benzene rings is 4. The highest BCUT2D eigenvalue weighted by atomic mass is 16.6. The van der Waals surface area contributed by atoms with Crippen LogP contribution < -0.4 is 47.3 Å². The molecule has 35 heteroatoms. The Bertz CT molecular complexity index is 4080. The number of rotatable bonds is 32. The fraction of sp³-hybridized carbons (Fsp3) is 0.451. The Hall–Kier alpha value is -11.9. The van der Waals surface area contributed by atoms with Crippen molar-refractivity contribution in [1.82, 2.24) is 52.3 Å². The summed E-state index contributed by atoms with van der Waals surface area (Å²) in [5.41, 5.74) is -1.03. The summed E-state index contributed by atoms with van der Waals surface area (Å²) in [6.45, 7) is 8.73. The average molecular weight is 1480 g/mol. The molecule has 0 bridgehead atoms. The molecule has 4 aromatic carbocycles. The van der Waals surface area contributed by atoms with Crippen molar-refractivity contribution in [2.24, 2.45) is 11.8 Å². The van der Waals surface area contributed by atoms with Crippen LogP contribution in [-0.4, -0.2) is 219 Å². The molecule has 0 aromatic heterocycles. The lowest BCUT2D eigenvalue weighted by atomic mass is 9.77.